The molecule has 0 atom stereocenters. The summed E-state index contributed by atoms with van der Waals surface area (Å²) in [5.41, 5.74) is -1.64. The highest BCUT2D eigenvalue weighted by Crippen LogP contribution is 2.32. The summed E-state index contributed by atoms with van der Waals surface area (Å²) in [6.07, 6.45) is -3.83. The highest BCUT2D eigenvalue weighted by atomic mass is 35.5. The summed E-state index contributed by atoms with van der Waals surface area (Å²) in [4.78, 5) is 14.5. The zero-order valence-electron chi connectivity index (χ0n) is 7.52. The van der Waals surface area contributed by atoms with Crippen LogP contribution in [0.2, 0.25) is 5.15 Å². The van der Waals surface area contributed by atoms with E-state index in [0.29, 0.717) is 6.07 Å². The van der Waals surface area contributed by atoms with Gasteiger partial charge in [0.2, 0.25) is 0 Å². The number of hydrogen-bond acceptors (Lipinski definition) is 2. The van der Waals surface area contributed by atoms with E-state index >= 15 is 0 Å². The fourth-order valence-corrected chi connectivity index (χ4v) is 1.14. The summed E-state index contributed by atoms with van der Waals surface area (Å²) in [5, 5.41) is 1.78. The second-order valence-electron chi connectivity index (χ2n) is 2.63. The number of amides is 1. The third-order valence-electron chi connectivity index (χ3n) is 1.65. The van der Waals surface area contributed by atoms with Crippen molar-refractivity contribution in [2.75, 3.05) is 7.05 Å². The molecule has 0 fully saturated rings. The topological polar surface area (TPSA) is 42.0 Å². The molecule has 0 aliphatic rings. The molecular weight excluding hydrogens is 233 g/mol. The maximum absolute atomic E-state index is 12.5. The summed E-state index contributed by atoms with van der Waals surface area (Å²) < 4.78 is 37.4. The van der Waals surface area contributed by atoms with Gasteiger partial charge in [0.15, 0.2) is 0 Å². The Morgan fingerprint density at radius 2 is 2.13 bits per heavy atom. The minimum absolute atomic E-state index is 0.310. The van der Waals surface area contributed by atoms with Crippen LogP contribution < -0.4 is 5.32 Å². The molecule has 15 heavy (non-hydrogen) atoms. The number of carbonyl (C=O) groups is 1. The lowest BCUT2D eigenvalue weighted by Crippen LogP contribution is -2.22. The normalized spacial score (nSPS) is 11.3. The summed E-state index contributed by atoms with van der Waals surface area (Å²) in [6, 6.07) is 0.617. The smallest absolute Gasteiger partial charge is 0.355 e. The van der Waals surface area contributed by atoms with Crippen LogP contribution in [0.25, 0.3) is 0 Å². The number of carbonyl (C=O) groups excluding carboxylic acids is 1. The number of alkyl halides is 3. The van der Waals surface area contributed by atoms with Gasteiger partial charge in [-0.25, -0.2) is 4.98 Å². The van der Waals surface area contributed by atoms with E-state index < -0.39 is 23.2 Å². The lowest BCUT2D eigenvalue weighted by molar-refractivity contribution is -0.138. The number of hydrogen-bond donors (Lipinski definition) is 1. The number of rotatable bonds is 1. The average Bonchev–Trinajstić information content (AvgIpc) is 2.15. The van der Waals surface area contributed by atoms with Gasteiger partial charge in [-0.15, -0.1) is 0 Å². The summed E-state index contributed by atoms with van der Waals surface area (Å²) in [5.74, 6) is -0.855. The highest BCUT2D eigenvalue weighted by Gasteiger charge is 2.35. The van der Waals surface area contributed by atoms with Crippen molar-refractivity contribution in [3.63, 3.8) is 0 Å². The molecule has 0 saturated heterocycles. The van der Waals surface area contributed by atoms with Gasteiger partial charge in [-0.05, 0) is 6.07 Å². The molecule has 1 aromatic rings. The monoisotopic (exact) mass is 238 g/mol. The maximum Gasteiger partial charge on any atom is 0.417 e. The second-order valence-corrected chi connectivity index (χ2v) is 3.02. The predicted molar refractivity (Wildman–Crippen MR) is 47.6 cm³/mol. The predicted octanol–water partition coefficient (Wildman–Crippen LogP) is 2.11. The molecular formula is C8H6ClF3N2O. The first-order valence-corrected chi connectivity index (χ1v) is 4.19. The number of aromatic nitrogens is 1. The molecule has 0 unspecified atom stereocenters. The SMILES string of the molecule is CNC(=O)c1cnc(Cl)cc1C(F)(F)F. The Hall–Kier alpha value is -1.30. The van der Waals surface area contributed by atoms with Crippen LogP contribution in [0.15, 0.2) is 12.3 Å². The van der Waals surface area contributed by atoms with Gasteiger partial charge in [0.1, 0.15) is 5.15 Å². The van der Waals surface area contributed by atoms with E-state index in [1.165, 1.54) is 7.05 Å². The van der Waals surface area contributed by atoms with E-state index in [4.69, 9.17) is 11.6 Å². The van der Waals surface area contributed by atoms with Crippen LogP contribution in [0, 0.1) is 0 Å². The van der Waals surface area contributed by atoms with Crippen molar-refractivity contribution in [1.82, 2.24) is 10.3 Å². The molecule has 3 nitrogen and oxygen atoms in total. The molecule has 1 amide bonds. The Bertz CT molecular complexity index is 392. The Labute approximate surface area is 88.3 Å². The van der Waals surface area contributed by atoms with Crippen molar-refractivity contribution in [2.45, 2.75) is 6.18 Å². The van der Waals surface area contributed by atoms with Gasteiger partial charge in [-0.1, -0.05) is 11.6 Å². The van der Waals surface area contributed by atoms with E-state index in [-0.39, 0.29) is 5.15 Å². The minimum Gasteiger partial charge on any atom is -0.355 e. The maximum atomic E-state index is 12.5. The van der Waals surface area contributed by atoms with Gasteiger partial charge in [0.25, 0.3) is 5.91 Å². The van der Waals surface area contributed by atoms with Gasteiger partial charge in [-0.3, -0.25) is 4.79 Å². The van der Waals surface area contributed by atoms with Crippen molar-refractivity contribution < 1.29 is 18.0 Å². The third kappa shape index (κ3) is 2.59. The number of nitrogens with zero attached hydrogens (tertiary/aromatic N) is 1. The molecule has 1 heterocycles. The number of nitrogens with one attached hydrogen (secondary N) is 1. The standard InChI is InChI=1S/C8H6ClF3N2O/c1-13-7(15)4-3-14-6(9)2-5(4)8(10,11)12/h2-3H,1H3,(H,13,15). The zero-order chi connectivity index (χ0) is 11.6. The van der Waals surface area contributed by atoms with Gasteiger partial charge in [0.05, 0.1) is 11.1 Å². The fraction of sp³-hybridized carbons (Fsp3) is 0.250. The van der Waals surface area contributed by atoms with E-state index in [0.717, 1.165) is 6.20 Å². The molecule has 0 spiro atoms. The molecule has 0 bridgehead atoms. The minimum atomic E-state index is -4.63. The van der Waals surface area contributed by atoms with Crippen molar-refractivity contribution in [1.29, 1.82) is 0 Å². The lowest BCUT2D eigenvalue weighted by Gasteiger charge is -2.11. The van der Waals surface area contributed by atoms with E-state index in [1.54, 1.807) is 0 Å². The van der Waals surface area contributed by atoms with Crippen molar-refractivity contribution in [2.24, 2.45) is 0 Å². The first-order valence-electron chi connectivity index (χ1n) is 3.81. The Morgan fingerprint density at radius 1 is 1.53 bits per heavy atom. The number of halogens is 4. The van der Waals surface area contributed by atoms with Crippen LogP contribution >= 0.6 is 11.6 Å². The highest BCUT2D eigenvalue weighted by molar-refractivity contribution is 6.29. The molecule has 0 radical (unpaired) electrons. The van der Waals surface area contributed by atoms with Crippen molar-refractivity contribution >= 4 is 17.5 Å². The van der Waals surface area contributed by atoms with Crippen LogP contribution in [0.1, 0.15) is 15.9 Å². The summed E-state index contributed by atoms with van der Waals surface area (Å²) >= 11 is 5.33. The van der Waals surface area contributed by atoms with Crippen LogP contribution in [-0.4, -0.2) is 17.9 Å². The van der Waals surface area contributed by atoms with Crippen LogP contribution in [-0.2, 0) is 6.18 Å². The molecule has 1 N–H and O–H groups in total. The van der Waals surface area contributed by atoms with Crippen molar-refractivity contribution in [3.8, 4) is 0 Å². The summed E-state index contributed by atoms with van der Waals surface area (Å²) in [6.45, 7) is 0. The van der Waals surface area contributed by atoms with E-state index in [1.807, 2.05) is 0 Å². The number of pyridine rings is 1. The zero-order valence-corrected chi connectivity index (χ0v) is 8.28. The first kappa shape index (κ1) is 11.8. The molecule has 0 aromatic carbocycles. The van der Waals surface area contributed by atoms with Crippen molar-refractivity contribution in [3.05, 3.63) is 28.5 Å². The first-order chi connectivity index (χ1) is 6.86. The van der Waals surface area contributed by atoms with Gasteiger partial charge < -0.3 is 5.32 Å². The van der Waals surface area contributed by atoms with Gasteiger partial charge in [0, 0.05) is 13.2 Å². The third-order valence-corrected chi connectivity index (χ3v) is 1.85. The molecule has 1 rings (SSSR count). The quantitative estimate of drug-likeness (QED) is 0.762. The summed E-state index contributed by atoms with van der Waals surface area (Å²) in [7, 11) is 1.23. The Morgan fingerprint density at radius 3 is 2.60 bits per heavy atom. The molecule has 0 aliphatic heterocycles. The van der Waals surface area contributed by atoms with Crippen LogP contribution in [0.5, 0.6) is 0 Å². The molecule has 7 heteroatoms. The van der Waals surface area contributed by atoms with E-state index in [2.05, 4.69) is 10.3 Å². The molecule has 1 aromatic heterocycles. The van der Waals surface area contributed by atoms with Crippen LogP contribution in [0.4, 0.5) is 13.2 Å². The lowest BCUT2D eigenvalue weighted by atomic mass is 10.1. The van der Waals surface area contributed by atoms with Gasteiger partial charge in [-0.2, -0.15) is 13.2 Å². The fourth-order valence-electron chi connectivity index (χ4n) is 0.980. The molecule has 0 saturated carbocycles. The molecule has 82 valence electrons. The Balaban J connectivity index is 3.33. The average molecular weight is 239 g/mol. The van der Waals surface area contributed by atoms with Gasteiger partial charge >= 0.3 is 6.18 Å². The largest absolute Gasteiger partial charge is 0.417 e. The van der Waals surface area contributed by atoms with Crippen LogP contribution in [0.3, 0.4) is 0 Å². The second kappa shape index (κ2) is 4.06. The molecule has 0 aliphatic carbocycles. The Kier molecular flexibility index (Phi) is 3.18. The van der Waals surface area contributed by atoms with E-state index in [9.17, 15) is 18.0 Å².